The molecule has 0 aliphatic carbocycles. The number of aromatic nitrogens is 3. The van der Waals surface area contributed by atoms with Crippen LogP contribution in [-0.4, -0.2) is 51.1 Å². The van der Waals surface area contributed by atoms with Crippen LogP contribution in [0.5, 0.6) is 0 Å². The van der Waals surface area contributed by atoms with Crippen LogP contribution in [0.25, 0.3) is 0 Å². The smallest absolute Gasteiger partial charge is 0.377 e. The van der Waals surface area contributed by atoms with Crippen molar-refractivity contribution in [3.8, 4) is 0 Å². The number of aryl methyl sites for hydroxylation is 1. The van der Waals surface area contributed by atoms with Gasteiger partial charge >= 0.3 is 8.80 Å². The highest BCUT2D eigenvalue weighted by atomic mass is 32.2. The lowest BCUT2D eigenvalue weighted by atomic mass is 10.6. The minimum atomic E-state index is -2.41. The molecule has 98 valence electrons. The van der Waals surface area contributed by atoms with Gasteiger partial charge in [-0.25, -0.2) is 4.98 Å². The normalized spacial score (nSPS) is 12.0. The number of nitrogens with zero attached hydrogens (tertiary/aromatic N) is 2. The Bertz CT molecular complexity index is 325. The van der Waals surface area contributed by atoms with Gasteiger partial charge in [-0.15, -0.1) is 5.10 Å². The molecule has 0 amide bonds. The Morgan fingerprint density at radius 1 is 1.24 bits per heavy atom. The van der Waals surface area contributed by atoms with E-state index in [1.807, 2.05) is 6.92 Å². The Morgan fingerprint density at radius 3 is 2.35 bits per heavy atom. The summed E-state index contributed by atoms with van der Waals surface area (Å²) in [5.41, 5.74) is 0. The van der Waals surface area contributed by atoms with Gasteiger partial charge in [0.25, 0.3) is 0 Å². The molecule has 0 spiro atoms. The summed E-state index contributed by atoms with van der Waals surface area (Å²) < 4.78 is 16.0. The second-order valence-corrected chi connectivity index (χ2v) is 7.60. The monoisotopic (exact) mass is 277 g/mol. The van der Waals surface area contributed by atoms with E-state index in [2.05, 4.69) is 15.2 Å². The fraction of sp³-hybridized carbons (Fsp3) is 0.778. The maximum Gasteiger partial charge on any atom is 0.500 e. The third-order valence-electron chi connectivity index (χ3n) is 2.37. The minimum absolute atomic E-state index is 0.780. The molecule has 0 saturated carbocycles. The largest absolute Gasteiger partial charge is 0.500 e. The van der Waals surface area contributed by atoms with Gasteiger partial charge in [-0.1, -0.05) is 11.8 Å². The molecule has 0 atom stereocenters. The number of thioether (sulfide) groups is 1. The summed E-state index contributed by atoms with van der Waals surface area (Å²) in [5, 5.41) is 7.65. The van der Waals surface area contributed by atoms with E-state index in [4.69, 9.17) is 13.3 Å². The third kappa shape index (κ3) is 4.40. The van der Waals surface area contributed by atoms with Crippen molar-refractivity contribution in [3.05, 3.63) is 5.82 Å². The van der Waals surface area contributed by atoms with E-state index in [9.17, 15) is 0 Å². The van der Waals surface area contributed by atoms with Crippen LogP contribution in [0.3, 0.4) is 0 Å². The highest BCUT2D eigenvalue weighted by Gasteiger charge is 2.36. The first-order valence-corrected chi connectivity index (χ1v) is 8.25. The van der Waals surface area contributed by atoms with E-state index in [1.165, 1.54) is 0 Å². The van der Waals surface area contributed by atoms with E-state index in [0.717, 1.165) is 29.2 Å². The summed E-state index contributed by atoms with van der Waals surface area (Å²) in [6.45, 7) is 1.88. The topological polar surface area (TPSA) is 69.3 Å². The van der Waals surface area contributed by atoms with Crippen LogP contribution < -0.4 is 0 Å². The van der Waals surface area contributed by atoms with Crippen LogP contribution in [0.1, 0.15) is 12.2 Å². The molecular formula is C9H19N3O3SSi. The van der Waals surface area contributed by atoms with E-state index in [0.29, 0.717) is 0 Å². The van der Waals surface area contributed by atoms with E-state index in [-0.39, 0.29) is 0 Å². The molecule has 17 heavy (non-hydrogen) atoms. The van der Waals surface area contributed by atoms with Crippen LogP contribution in [0.4, 0.5) is 0 Å². The molecule has 1 heterocycles. The number of aromatic amines is 1. The van der Waals surface area contributed by atoms with Crippen LogP contribution in [0, 0.1) is 6.92 Å². The van der Waals surface area contributed by atoms with E-state index in [1.54, 1.807) is 33.1 Å². The van der Waals surface area contributed by atoms with Gasteiger partial charge < -0.3 is 13.3 Å². The molecule has 1 rings (SSSR count). The molecule has 1 aromatic heterocycles. The molecule has 1 aromatic rings. The lowest BCUT2D eigenvalue weighted by Gasteiger charge is -2.23. The van der Waals surface area contributed by atoms with E-state index < -0.39 is 8.80 Å². The van der Waals surface area contributed by atoms with Crippen molar-refractivity contribution in [2.75, 3.05) is 27.1 Å². The van der Waals surface area contributed by atoms with Crippen molar-refractivity contribution in [2.24, 2.45) is 0 Å². The van der Waals surface area contributed by atoms with Gasteiger partial charge in [0, 0.05) is 33.1 Å². The van der Waals surface area contributed by atoms with E-state index >= 15 is 0 Å². The Kier molecular flexibility index (Phi) is 6.13. The van der Waals surface area contributed by atoms with Crippen molar-refractivity contribution in [2.45, 2.75) is 24.5 Å². The number of nitrogens with one attached hydrogen (secondary N) is 1. The third-order valence-corrected chi connectivity index (χ3v) is 6.13. The van der Waals surface area contributed by atoms with Crippen molar-refractivity contribution in [1.29, 1.82) is 0 Å². The Morgan fingerprint density at radius 2 is 1.88 bits per heavy atom. The van der Waals surface area contributed by atoms with Crippen molar-refractivity contribution in [1.82, 2.24) is 15.2 Å². The first-order chi connectivity index (χ1) is 8.15. The van der Waals surface area contributed by atoms with Crippen LogP contribution in [-0.2, 0) is 13.3 Å². The molecule has 6 nitrogen and oxygen atoms in total. The maximum atomic E-state index is 5.34. The SMILES string of the molecule is CO[Si](CCCSc1n[nH]c(C)n1)(OC)OC. The standard InChI is InChI=1S/C9H19N3O3SSi/c1-8-10-9(12-11-8)16-6-5-7-17(13-2,14-3)15-4/h5-7H2,1-4H3,(H,10,11,12). The second-order valence-electron chi connectivity index (χ2n) is 3.45. The van der Waals surface area contributed by atoms with Gasteiger partial charge in [0.1, 0.15) is 5.82 Å². The predicted molar refractivity (Wildman–Crippen MR) is 68.0 cm³/mol. The molecule has 0 aromatic carbocycles. The summed E-state index contributed by atoms with van der Waals surface area (Å²) in [6.07, 6.45) is 0.944. The summed E-state index contributed by atoms with van der Waals surface area (Å²) in [4.78, 5) is 4.22. The fourth-order valence-electron chi connectivity index (χ4n) is 1.40. The summed E-state index contributed by atoms with van der Waals surface area (Å²) >= 11 is 1.62. The first kappa shape index (κ1) is 14.6. The van der Waals surface area contributed by atoms with Crippen LogP contribution in [0.2, 0.25) is 6.04 Å². The lowest BCUT2D eigenvalue weighted by molar-refractivity contribution is 0.123. The molecule has 0 radical (unpaired) electrons. The number of hydrogen-bond acceptors (Lipinski definition) is 6. The van der Waals surface area contributed by atoms with Crippen molar-refractivity contribution >= 4 is 20.6 Å². The molecule has 0 bridgehead atoms. The predicted octanol–water partition coefficient (Wildman–Crippen LogP) is 1.47. The molecule has 1 N–H and O–H groups in total. The van der Waals surface area contributed by atoms with Crippen LogP contribution >= 0.6 is 11.8 Å². The maximum absolute atomic E-state index is 5.34. The average Bonchev–Trinajstić information content (AvgIpc) is 2.76. The van der Waals surface area contributed by atoms with Gasteiger partial charge in [-0.2, -0.15) is 0 Å². The van der Waals surface area contributed by atoms with Crippen molar-refractivity contribution in [3.63, 3.8) is 0 Å². The highest BCUT2D eigenvalue weighted by molar-refractivity contribution is 7.99. The zero-order chi connectivity index (χ0) is 12.7. The molecule has 0 aliphatic heterocycles. The summed E-state index contributed by atoms with van der Waals surface area (Å²) in [7, 11) is 2.48. The quantitative estimate of drug-likeness (QED) is 0.441. The van der Waals surface area contributed by atoms with Crippen LogP contribution in [0.15, 0.2) is 5.16 Å². The zero-order valence-corrected chi connectivity index (χ0v) is 12.5. The molecule has 0 fully saturated rings. The average molecular weight is 277 g/mol. The fourth-order valence-corrected chi connectivity index (χ4v) is 4.16. The molecule has 8 heteroatoms. The summed E-state index contributed by atoms with van der Waals surface area (Å²) in [6, 6.07) is 0.799. The van der Waals surface area contributed by atoms with Gasteiger partial charge in [0.15, 0.2) is 0 Å². The number of hydrogen-bond donors (Lipinski definition) is 1. The first-order valence-electron chi connectivity index (χ1n) is 5.33. The molecule has 0 saturated heterocycles. The summed E-state index contributed by atoms with van der Waals surface area (Å²) in [5.74, 6) is 1.75. The Labute approximate surface area is 107 Å². The second kappa shape index (κ2) is 7.12. The Balaban J connectivity index is 2.27. The molecular weight excluding hydrogens is 258 g/mol. The van der Waals surface area contributed by atoms with Crippen molar-refractivity contribution < 1.29 is 13.3 Å². The van der Waals surface area contributed by atoms with Gasteiger partial charge in [0.05, 0.1) is 0 Å². The Hall–Kier alpha value is -0.413. The highest BCUT2D eigenvalue weighted by Crippen LogP contribution is 2.19. The molecule has 0 unspecified atom stereocenters. The van der Waals surface area contributed by atoms with Gasteiger partial charge in [-0.05, 0) is 13.3 Å². The minimum Gasteiger partial charge on any atom is -0.377 e. The number of rotatable bonds is 8. The lowest BCUT2D eigenvalue weighted by Crippen LogP contribution is -2.42. The molecule has 0 aliphatic rings. The zero-order valence-electron chi connectivity index (χ0n) is 10.6. The van der Waals surface area contributed by atoms with Gasteiger partial charge in [0.2, 0.25) is 5.16 Å². The van der Waals surface area contributed by atoms with Gasteiger partial charge in [-0.3, -0.25) is 5.10 Å². The number of H-pyrrole nitrogens is 1.